The molecule has 4 N–H and O–H groups in total. The first kappa shape index (κ1) is 16.5. The molecule has 0 saturated heterocycles. The highest BCUT2D eigenvalue weighted by Crippen LogP contribution is 2.18. The summed E-state index contributed by atoms with van der Waals surface area (Å²) in [7, 11) is 0. The number of carbonyl (C=O) groups is 1. The molecule has 112 valence electrons. The van der Waals surface area contributed by atoms with Crippen molar-refractivity contribution in [3.63, 3.8) is 0 Å². The Kier molecular flexibility index (Phi) is 6.48. The number of hydrogen-bond acceptors (Lipinski definition) is 4. The number of anilines is 2. The fraction of sp³-hybridized carbons (Fsp3) is 0.533. The third kappa shape index (κ3) is 4.51. The summed E-state index contributed by atoms with van der Waals surface area (Å²) in [6.07, 6.45) is 0.939. The lowest BCUT2D eigenvalue weighted by Crippen LogP contribution is -2.43. The van der Waals surface area contributed by atoms with Crippen LogP contribution in [0, 0.1) is 6.92 Å². The monoisotopic (exact) mass is 279 g/mol. The van der Waals surface area contributed by atoms with E-state index in [0.29, 0.717) is 12.2 Å². The number of aliphatic hydroxyl groups is 1. The zero-order chi connectivity index (χ0) is 15.1. The lowest BCUT2D eigenvalue weighted by molar-refractivity contribution is -0.120. The van der Waals surface area contributed by atoms with E-state index in [2.05, 4.69) is 12.2 Å². The third-order valence-electron chi connectivity index (χ3n) is 3.34. The second-order valence-electron chi connectivity index (χ2n) is 5.00. The molecule has 0 saturated carbocycles. The number of benzene rings is 1. The number of aliphatic hydroxyl groups excluding tert-OH is 1. The second kappa shape index (κ2) is 7.87. The Morgan fingerprint density at radius 1 is 1.45 bits per heavy atom. The average Bonchev–Trinajstić information content (AvgIpc) is 2.41. The number of nitrogens with one attached hydrogen (secondary N) is 1. The minimum Gasteiger partial charge on any atom is -0.399 e. The highest BCUT2D eigenvalue weighted by Gasteiger charge is 2.20. The van der Waals surface area contributed by atoms with Gasteiger partial charge in [-0.3, -0.25) is 9.69 Å². The molecular formula is C15H25N3O2. The number of amides is 1. The van der Waals surface area contributed by atoms with Gasteiger partial charge < -0.3 is 16.2 Å². The van der Waals surface area contributed by atoms with Gasteiger partial charge in [0.2, 0.25) is 5.91 Å². The van der Waals surface area contributed by atoms with Crippen LogP contribution in [0.4, 0.5) is 11.4 Å². The molecule has 1 unspecified atom stereocenters. The molecule has 1 aromatic carbocycles. The number of nitrogens with zero attached hydrogens (tertiary/aromatic N) is 1. The van der Waals surface area contributed by atoms with Crippen molar-refractivity contribution in [3.05, 3.63) is 23.8 Å². The molecule has 0 aliphatic carbocycles. The van der Waals surface area contributed by atoms with Crippen LogP contribution in [0.25, 0.3) is 0 Å². The van der Waals surface area contributed by atoms with E-state index in [4.69, 9.17) is 10.8 Å². The molecule has 1 atom stereocenters. The maximum Gasteiger partial charge on any atom is 0.241 e. The van der Waals surface area contributed by atoms with Crippen molar-refractivity contribution in [2.45, 2.75) is 33.2 Å². The van der Waals surface area contributed by atoms with Gasteiger partial charge in [-0.05, 0) is 44.5 Å². The Morgan fingerprint density at radius 3 is 2.75 bits per heavy atom. The molecule has 20 heavy (non-hydrogen) atoms. The molecule has 0 aliphatic heterocycles. The summed E-state index contributed by atoms with van der Waals surface area (Å²) >= 11 is 0. The van der Waals surface area contributed by atoms with Crippen LogP contribution in [0.2, 0.25) is 0 Å². The number of hydrogen-bond donors (Lipinski definition) is 3. The Labute approximate surface area is 120 Å². The van der Waals surface area contributed by atoms with E-state index in [9.17, 15) is 4.79 Å². The third-order valence-corrected chi connectivity index (χ3v) is 3.34. The lowest BCUT2D eigenvalue weighted by Gasteiger charge is -2.27. The molecule has 1 amide bonds. The molecule has 0 bridgehead atoms. The minimum atomic E-state index is -0.289. The first-order chi connectivity index (χ1) is 9.49. The Balaban J connectivity index is 2.75. The van der Waals surface area contributed by atoms with Crippen LogP contribution in [-0.2, 0) is 4.79 Å². The molecule has 1 rings (SSSR count). The van der Waals surface area contributed by atoms with Crippen LogP contribution in [0.3, 0.4) is 0 Å². The van der Waals surface area contributed by atoms with Gasteiger partial charge in [-0.1, -0.05) is 13.0 Å². The topological polar surface area (TPSA) is 78.6 Å². The molecule has 0 aliphatic rings. The van der Waals surface area contributed by atoms with E-state index in [1.54, 1.807) is 6.07 Å². The van der Waals surface area contributed by atoms with Crippen molar-refractivity contribution < 1.29 is 9.90 Å². The Bertz CT molecular complexity index is 443. The first-order valence-corrected chi connectivity index (χ1v) is 7.01. The number of carbonyl (C=O) groups excluding carboxylic acids is 1. The van der Waals surface area contributed by atoms with Crippen molar-refractivity contribution in [2.75, 3.05) is 30.7 Å². The molecule has 0 fully saturated rings. The predicted octanol–water partition coefficient (Wildman–Crippen LogP) is 1.61. The fourth-order valence-corrected chi connectivity index (χ4v) is 2.09. The van der Waals surface area contributed by atoms with Crippen LogP contribution in [0.1, 0.15) is 25.8 Å². The van der Waals surface area contributed by atoms with Crippen molar-refractivity contribution >= 4 is 17.3 Å². The SMILES string of the molecule is CCCN(CCO)C(C)C(=O)Nc1cc(N)ccc1C. The summed E-state index contributed by atoms with van der Waals surface area (Å²) in [5.41, 5.74) is 8.08. The van der Waals surface area contributed by atoms with Crippen molar-refractivity contribution in [2.24, 2.45) is 0 Å². The van der Waals surface area contributed by atoms with E-state index >= 15 is 0 Å². The molecule has 5 nitrogen and oxygen atoms in total. The molecule has 5 heteroatoms. The van der Waals surface area contributed by atoms with Crippen LogP contribution >= 0.6 is 0 Å². The van der Waals surface area contributed by atoms with E-state index in [1.807, 2.05) is 30.9 Å². The van der Waals surface area contributed by atoms with Gasteiger partial charge in [0.15, 0.2) is 0 Å². The maximum atomic E-state index is 12.3. The molecule has 0 heterocycles. The number of nitrogen functional groups attached to an aromatic ring is 1. The molecular weight excluding hydrogens is 254 g/mol. The van der Waals surface area contributed by atoms with E-state index in [1.165, 1.54) is 0 Å². The highest BCUT2D eigenvalue weighted by molar-refractivity contribution is 5.95. The van der Waals surface area contributed by atoms with E-state index < -0.39 is 0 Å². The van der Waals surface area contributed by atoms with Gasteiger partial charge in [0.1, 0.15) is 0 Å². The lowest BCUT2D eigenvalue weighted by atomic mass is 10.1. The fourth-order valence-electron chi connectivity index (χ4n) is 2.09. The van der Waals surface area contributed by atoms with Crippen LogP contribution in [0.15, 0.2) is 18.2 Å². The molecule has 0 aromatic heterocycles. The van der Waals surface area contributed by atoms with Crippen LogP contribution in [0.5, 0.6) is 0 Å². The van der Waals surface area contributed by atoms with Gasteiger partial charge in [0.25, 0.3) is 0 Å². The summed E-state index contributed by atoms with van der Waals surface area (Å²) < 4.78 is 0. The summed E-state index contributed by atoms with van der Waals surface area (Å²) in [6, 6.07) is 5.16. The van der Waals surface area contributed by atoms with Gasteiger partial charge in [0.05, 0.1) is 12.6 Å². The summed E-state index contributed by atoms with van der Waals surface area (Å²) in [5.74, 6) is -0.0828. The standard InChI is InChI=1S/C15H25N3O2/c1-4-7-18(8-9-19)12(3)15(20)17-14-10-13(16)6-5-11(14)2/h5-6,10,12,19H,4,7-9,16H2,1-3H3,(H,17,20). The van der Waals surface area contributed by atoms with Crippen molar-refractivity contribution in [1.29, 1.82) is 0 Å². The van der Waals surface area contributed by atoms with Crippen molar-refractivity contribution in [1.82, 2.24) is 4.90 Å². The largest absolute Gasteiger partial charge is 0.399 e. The van der Waals surface area contributed by atoms with Crippen LogP contribution < -0.4 is 11.1 Å². The maximum absolute atomic E-state index is 12.3. The van der Waals surface area contributed by atoms with Crippen LogP contribution in [-0.4, -0.2) is 41.7 Å². The zero-order valence-electron chi connectivity index (χ0n) is 12.5. The van der Waals surface area contributed by atoms with E-state index in [-0.39, 0.29) is 18.6 Å². The van der Waals surface area contributed by atoms with Gasteiger partial charge in [-0.2, -0.15) is 0 Å². The average molecular weight is 279 g/mol. The molecule has 0 spiro atoms. The molecule has 1 aromatic rings. The van der Waals surface area contributed by atoms with Gasteiger partial charge in [-0.15, -0.1) is 0 Å². The summed E-state index contributed by atoms with van der Waals surface area (Å²) in [6.45, 7) is 7.16. The van der Waals surface area contributed by atoms with Gasteiger partial charge in [-0.25, -0.2) is 0 Å². The number of aryl methyl sites for hydroxylation is 1. The van der Waals surface area contributed by atoms with Gasteiger partial charge >= 0.3 is 0 Å². The highest BCUT2D eigenvalue weighted by atomic mass is 16.3. The number of nitrogens with two attached hydrogens (primary N) is 1. The quantitative estimate of drug-likeness (QED) is 0.663. The molecule has 0 radical (unpaired) electrons. The zero-order valence-corrected chi connectivity index (χ0v) is 12.5. The normalized spacial score (nSPS) is 12.4. The summed E-state index contributed by atoms with van der Waals surface area (Å²) in [5, 5.41) is 12.0. The van der Waals surface area contributed by atoms with Gasteiger partial charge in [0, 0.05) is 17.9 Å². The van der Waals surface area contributed by atoms with Crippen molar-refractivity contribution in [3.8, 4) is 0 Å². The Hall–Kier alpha value is -1.59. The minimum absolute atomic E-state index is 0.0505. The van der Waals surface area contributed by atoms with E-state index in [0.717, 1.165) is 24.2 Å². The second-order valence-corrected chi connectivity index (χ2v) is 5.00. The smallest absolute Gasteiger partial charge is 0.241 e. The predicted molar refractivity (Wildman–Crippen MR) is 82.6 cm³/mol. The first-order valence-electron chi connectivity index (χ1n) is 7.01. The summed E-state index contributed by atoms with van der Waals surface area (Å²) in [4.78, 5) is 14.3. The Morgan fingerprint density at radius 2 is 2.15 bits per heavy atom. The number of rotatable bonds is 7.